The maximum atomic E-state index is 14.4. The molecule has 2 heterocycles. The third kappa shape index (κ3) is 14.2. The lowest BCUT2D eigenvalue weighted by Gasteiger charge is -2.48. The van der Waals surface area contributed by atoms with E-state index >= 15 is 0 Å². The summed E-state index contributed by atoms with van der Waals surface area (Å²) in [4.78, 5) is 84.1. The van der Waals surface area contributed by atoms with Crippen LogP contribution in [0.25, 0.3) is 0 Å². The zero-order chi connectivity index (χ0) is 51.4. The quantitative estimate of drug-likeness (QED) is 0.0609. The summed E-state index contributed by atoms with van der Waals surface area (Å²) in [5.74, 6) is -4.58. The van der Waals surface area contributed by atoms with Gasteiger partial charge in [-0.3, -0.25) is 19.4 Å². The van der Waals surface area contributed by atoms with E-state index in [0.717, 1.165) is 75.2 Å². The Bertz CT molecular complexity index is 2530. The van der Waals surface area contributed by atoms with Gasteiger partial charge < -0.3 is 47.4 Å². The third-order valence-electron chi connectivity index (χ3n) is 10.9. The number of rotatable bonds is 16. The second kappa shape index (κ2) is 24.3. The molecule has 71 heavy (non-hydrogen) atoms. The summed E-state index contributed by atoms with van der Waals surface area (Å²) in [5.41, 5.74) is -1.16. The Hall–Kier alpha value is -6.81. The van der Waals surface area contributed by atoms with Gasteiger partial charge in [0.25, 0.3) is 0 Å². The van der Waals surface area contributed by atoms with Gasteiger partial charge >= 0.3 is 42.2 Å². The Morgan fingerprint density at radius 3 is 1.72 bits per heavy atom. The average molecular weight is 1010 g/mol. The molecule has 21 heteroatoms. The number of thioether (sulfide) groups is 1. The van der Waals surface area contributed by atoms with Gasteiger partial charge in [0.1, 0.15) is 43.0 Å². The monoisotopic (exact) mass is 1010 g/mol. The molecule has 0 aliphatic carbocycles. The SMILES string of the molecule is COC(=O)OC[C@H]1O[C@@H](Sc2c(C)cccc2C)[C@H](OC(=O)c2ccccc2)[C@@H](OC(=O)c2ccccc2)[C@@H]1O[C@H]1O[C@H](COC(C)=O)[C@@H](OC(C)=O)[C@H](OC(C)=O)[C@H]1N=Cc1ccccc1C(F)(F)F. The van der Waals surface area contributed by atoms with E-state index in [9.17, 15) is 41.9 Å². The van der Waals surface area contributed by atoms with Crippen molar-refractivity contribution in [3.8, 4) is 0 Å². The van der Waals surface area contributed by atoms with E-state index in [-0.39, 0.29) is 11.1 Å². The van der Waals surface area contributed by atoms with Gasteiger partial charge in [-0.1, -0.05) is 84.6 Å². The molecule has 0 radical (unpaired) electrons. The van der Waals surface area contributed by atoms with Crippen molar-refractivity contribution in [2.24, 2.45) is 4.99 Å². The second-order valence-corrected chi connectivity index (χ2v) is 17.2. The first kappa shape index (κ1) is 53.5. The van der Waals surface area contributed by atoms with Crippen LogP contribution >= 0.6 is 11.8 Å². The molecule has 0 amide bonds. The maximum Gasteiger partial charge on any atom is 0.508 e. The van der Waals surface area contributed by atoms with Gasteiger partial charge in [-0.15, -0.1) is 0 Å². The van der Waals surface area contributed by atoms with Gasteiger partial charge in [-0.2, -0.15) is 13.2 Å². The summed E-state index contributed by atoms with van der Waals surface area (Å²) in [7, 11) is 1.05. The lowest BCUT2D eigenvalue weighted by molar-refractivity contribution is -0.315. The molecule has 0 spiro atoms. The van der Waals surface area contributed by atoms with Crippen LogP contribution < -0.4 is 0 Å². The average Bonchev–Trinajstić information content (AvgIpc) is 3.33. The van der Waals surface area contributed by atoms with Crippen LogP contribution in [-0.2, 0) is 67.9 Å². The van der Waals surface area contributed by atoms with E-state index in [1.54, 1.807) is 36.4 Å². The molecule has 0 saturated carbocycles. The minimum atomic E-state index is -4.87. The number of alkyl halides is 3. The Labute approximate surface area is 410 Å². The normalized spacial score (nSPS) is 24.2. The van der Waals surface area contributed by atoms with Crippen LogP contribution in [-0.4, -0.2) is 123 Å². The number of aliphatic imine (C=N–C) groups is 1. The second-order valence-electron chi connectivity index (χ2n) is 16.1. The molecule has 17 nitrogen and oxygen atoms in total. The van der Waals surface area contributed by atoms with Crippen molar-refractivity contribution in [2.75, 3.05) is 20.3 Å². The predicted molar refractivity (Wildman–Crippen MR) is 244 cm³/mol. The highest BCUT2D eigenvalue weighted by Gasteiger charge is 2.57. The van der Waals surface area contributed by atoms with Gasteiger partial charge in [0.15, 0.2) is 30.7 Å². The highest BCUT2D eigenvalue weighted by Crippen LogP contribution is 2.42. The largest absolute Gasteiger partial charge is 0.508 e. The summed E-state index contributed by atoms with van der Waals surface area (Å²) in [6.45, 7) is 5.39. The Morgan fingerprint density at radius 1 is 0.620 bits per heavy atom. The number of methoxy groups -OCH3 is 1. The fraction of sp³-hybridized carbons (Fsp3) is 0.380. The summed E-state index contributed by atoms with van der Waals surface area (Å²) in [6.07, 6.45) is -18.8. The molecule has 6 rings (SSSR count). The van der Waals surface area contributed by atoms with E-state index in [4.69, 9.17) is 47.4 Å². The molecular formula is C50H50F3NO16S. The van der Waals surface area contributed by atoms with Crippen molar-refractivity contribution in [1.29, 1.82) is 0 Å². The summed E-state index contributed by atoms with van der Waals surface area (Å²) in [5, 5.41) is 0. The van der Waals surface area contributed by atoms with Gasteiger partial charge in [-0.05, 0) is 55.3 Å². The lowest BCUT2D eigenvalue weighted by Crippen LogP contribution is -2.66. The van der Waals surface area contributed by atoms with Crippen molar-refractivity contribution in [2.45, 2.75) is 106 Å². The van der Waals surface area contributed by atoms with Crippen LogP contribution in [0.15, 0.2) is 113 Å². The lowest BCUT2D eigenvalue weighted by atomic mass is 9.95. The standard InChI is InChI=1S/C50H50F3NO16S/c1-27-16-15-17-28(2)44(27)71-48-43(69-46(59)33-20-11-8-12-21-33)42(68-45(58)32-18-9-7-10-19-32)40(37(67-48)26-63-49(60)61-6)70-47-38(54-24-34-22-13-14-23-35(34)50(51,52)53)41(65-31(5)57)39(64-30(4)56)36(66-47)25-62-29(3)55/h7-24,36-43,47-48H,25-26H2,1-6H3/t36-,37-,38-,39-,40-,41-,42+,43-,47-,48+/m1/s1. The van der Waals surface area contributed by atoms with Crippen LogP contribution in [0.5, 0.6) is 0 Å². The number of ether oxygens (including phenoxy) is 10. The summed E-state index contributed by atoms with van der Waals surface area (Å²) in [6, 6.07) is 23.7. The van der Waals surface area contributed by atoms with E-state index in [1.165, 1.54) is 30.3 Å². The molecule has 4 aromatic carbocycles. The molecule has 4 aromatic rings. The number of nitrogens with zero attached hydrogens (tertiary/aromatic N) is 1. The smallest absolute Gasteiger partial charge is 0.463 e. The van der Waals surface area contributed by atoms with Crippen molar-refractivity contribution < 1.29 is 89.3 Å². The van der Waals surface area contributed by atoms with Crippen molar-refractivity contribution in [3.05, 3.63) is 137 Å². The van der Waals surface area contributed by atoms with Gasteiger partial charge in [-0.25, -0.2) is 14.4 Å². The molecule has 10 atom stereocenters. The number of carbonyl (C=O) groups is 6. The van der Waals surface area contributed by atoms with Crippen molar-refractivity contribution in [3.63, 3.8) is 0 Å². The van der Waals surface area contributed by atoms with Crippen LogP contribution in [0.1, 0.15) is 63.7 Å². The molecule has 0 aromatic heterocycles. The topological polar surface area (TPSA) is 207 Å². The minimum absolute atomic E-state index is 0.0347. The number of carbonyl (C=O) groups excluding carboxylic acids is 6. The summed E-state index contributed by atoms with van der Waals surface area (Å²) >= 11 is 1.09. The number of esters is 5. The molecule has 2 aliphatic heterocycles. The fourth-order valence-corrected chi connectivity index (χ4v) is 9.00. The first-order valence-corrected chi connectivity index (χ1v) is 22.8. The molecule has 0 bridgehead atoms. The number of hydrogen-bond acceptors (Lipinski definition) is 18. The van der Waals surface area contributed by atoms with E-state index in [1.807, 2.05) is 32.0 Å². The highest BCUT2D eigenvalue weighted by molar-refractivity contribution is 8.00. The molecule has 0 N–H and O–H groups in total. The first-order valence-electron chi connectivity index (χ1n) is 21.9. The number of benzene rings is 4. The maximum absolute atomic E-state index is 14.4. The minimum Gasteiger partial charge on any atom is -0.463 e. The fourth-order valence-electron chi connectivity index (χ4n) is 7.72. The number of halogens is 3. The molecule has 2 aliphatic rings. The Balaban J connectivity index is 1.57. The zero-order valence-corrected chi connectivity index (χ0v) is 39.9. The highest BCUT2D eigenvalue weighted by atomic mass is 32.2. The molecule has 2 saturated heterocycles. The van der Waals surface area contributed by atoms with E-state index < -0.39 is 127 Å². The summed E-state index contributed by atoms with van der Waals surface area (Å²) < 4.78 is 102. The molecule has 378 valence electrons. The number of aryl methyl sites for hydroxylation is 2. The van der Waals surface area contributed by atoms with Crippen molar-refractivity contribution in [1.82, 2.24) is 0 Å². The molecule has 0 unspecified atom stereocenters. The number of hydrogen-bond donors (Lipinski definition) is 0. The van der Waals surface area contributed by atoms with Crippen LogP contribution in [0.4, 0.5) is 18.0 Å². The van der Waals surface area contributed by atoms with Gasteiger partial charge in [0.2, 0.25) is 0 Å². The van der Waals surface area contributed by atoms with Crippen LogP contribution in [0, 0.1) is 13.8 Å². The van der Waals surface area contributed by atoms with E-state index in [2.05, 4.69) is 4.99 Å². The van der Waals surface area contributed by atoms with Crippen molar-refractivity contribution >= 4 is 54.0 Å². The Kier molecular flexibility index (Phi) is 18.4. The third-order valence-corrected chi connectivity index (χ3v) is 12.4. The molecular weight excluding hydrogens is 960 g/mol. The Morgan fingerprint density at radius 2 is 1.15 bits per heavy atom. The van der Waals surface area contributed by atoms with Gasteiger partial charge in [0, 0.05) is 37.4 Å². The zero-order valence-electron chi connectivity index (χ0n) is 39.1. The van der Waals surface area contributed by atoms with Crippen LogP contribution in [0.3, 0.4) is 0 Å². The predicted octanol–water partition coefficient (Wildman–Crippen LogP) is 7.40. The molecule has 2 fully saturated rings. The van der Waals surface area contributed by atoms with Gasteiger partial charge in [0.05, 0.1) is 23.8 Å². The van der Waals surface area contributed by atoms with Crippen LogP contribution in [0.2, 0.25) is 0 Å². The van der Waals surface area contributed by atoms with E-state index in [0.29, 0.717) is 4.90 Å². The first-order chi connectivity index (χ1) is 33.8.